The Morgan fingerprint density at radius 2 is 1.32 bits per heavy atom. The number of allylic oxidation sites excluding steroid dienone is 1. The monoisotopic (exact) mass is 539 g/mol. The molecule has 0 aromatic carbocycles. The van der Waals surface area contributed by atoms with Crippen LogP contribution in [-0.4, -0.2) is 38.4 Å². The van der Waals surface area contributed by atoms with Gasteiger partial charge < -0.3 is 14.5 Å². The van der Waals surface area contributed by atoms with Gasteiger partial charge in [0.05, 0.1) is 6.04 Å². The van der Waals surface area contributed by atoms with Gasteiger partial charge in [0.25, 0.3) is 0 Å². The van der Waals surface area contributed by atoms with Gasteiger partial charge in [-0.2, -0.15) is 0 Å². The minimum absolute atomic E-state index is 0.0683. The zero-order chi connectivity index (χ0) is 28.4. The van der Waals surface area contributed by atoms with Gasteiger partial charge in [-0.15, -0.1) is 0 Å². The Balaban J connectivity index is 4.47. The van der Waals surface area contributed by atoms with Crippen LogP contribution in [0.3, 0.4) is 0 Å². The van der Waals surface area contributed by atoms with Crippen molar-refractivity contribution in [2.75, 3.05) is 6.61 Å². The van der Waals surface area contributed by atoms with E-state index < -0.39 is 26.1 Å². The number of unbranched alkanes of at least 4 members (excludes halogenated alkanes) is 11. The summed E-state index contributed by atoms with van der Waals surface area (Å²) in [5, 5.41) is 2.94. The predicted octanol–water partition coefficient (Wildman–Crippen LogP) is 9.51. The van der Waals surface area contributed by atoms with Crippen molar-refractivity contribution in [1.29, 1.82) is 0 Å². The molecule has 1 atom stereocenters. The first-order valence-corrected chi connectivity index (χ1v) is 17.9. The SMILES string of the molecule is CCCCCCCCCCCCC/C=C/C(=O)[C@H](CCCO[Si](C)(C)C(C)(C)C)NC(=O)OC(C)(C)C. The smallest absolute Gasteiger partial charge is 0.408 e. The molecule has 37 heavy (non-hydrogen) atoms. The van der Waals surface area contributed by atoms with E-state index in [2.05, 4.69) is 46.1 Å². The standard InChI is InChI=1S/C31H61NO4Si/c1-10-11-12-13-14-15-16-17-18-19-20-21-22-25-28(33)27(32-29(34)36-30(2,3)4)24-23-26-35-37(8,9)31(5,6)7/h22,25,27H,10-21,23-24,26H2,1-9H3,(H,32,34)/b25-22+/t27-/m0/s1. The molecule has 0 fully saturated rings. The molecule has 218 valence electrons. The van der Waals surface area contributed by atoms with Crippen molar-refractivity contribution >= 4 is 20.2 Å². The molecular formula is C31H61NO4Si. The van der Waals surface area contributed by atoms with Crippen molar-refractivity contribution in [3.8, 4) is 0 Å². The second-order valence-corrected chi connectivity index (χ2v) is 17.9. The molecule has 0 saturated carbocycles. The molecule has 0 unspecified atom stereocenters. The van der Waals surface area contributed by atoms with E-state index in [0.717, 1.165) is 12.8 Å². The molecule has 0 aromatic heterocycles. The Morgan fingerprint density at radius 1 is 0.811 bits per heavy atom. The van der Waals surface area contributed by atoms with E-state index in [1.165, 1.54) is 64.2 Å². The lowest BCUT2D eigenvalue weighted by Crippen LogP contribution is -2.44. The van der Waals surface area contributed by atoms with Gasteiger partial charge in [-0.1, -0.05) is 98.0 Å². The van der Waals surface area contributed by atoms with E-state index in [1.54, 1.807) is 6.08 Å². The summed E-state index contributed by atoms with van der Waals surface area (Å²) in [7, 11) is -1.83. The van der Waals surface area contributed by atoms with Gasteiger partial charge in [0.2, 0.25) is 0 Å². The lowest BCUT2D eigenvalue weighted by molar-refractivity contribution is -0.116. The largest absolute Gasteiger partial charge is 0.444 e. The molecule has 0 rings (SSSR count). The molecule has 0 aromatic rings. The van der Waals surface area contributed by atoms with Crippen LogP contribution < -0.4 is 5.32 Å². The summed E-state index contributed by atoms with van der Waals surface area (Å²) < 4.78 is 11.7. The molecule has 0 saturated heterocycles. The molecular weight excluding hydrogens is 478 g/mol. The van der Waals surface area contributed by atoms with E-state index in [-0.39, 0.29) is 10.8 Å². The molecule has 0 aliphatic rings. The molecule has 0 radical (unpaired) electrons. The normalized spacial score (nSPS) is 13.6. The number of hydrogen-bond acceptors (Lipinski definition) is 4. The summed E-state index contributed by atoms with van der Waals surface area (Å²) in [6.07, 6.45) is 19.7. The minimum atomic E-state index is -1.83. The van der Waals surface area contributed by atoms with Crippen LogP contribution in [0.25, 0.3) is 0 Å². The zero-order valence-electron chi connectivity index (χ0n) is 26.0. The quantitative estimate of drug-likeness (QED) is 0.0950. The topological polar surface area (TPSA) is 64.6 Å². The first kappa shape index (κ1) is 35.9. The second-order valence-electron chi connectivity index (χ2n) is 13.1. The maximum Gasteiger partial charge on any atom is 0.408 e. The van der Waals surface area contributed by atoms with Crippen molar-refractivity contribution in [3.05, 3.63) is 12.2 Å². The lowest BCUT2D eigenvalue weighted by atomic mass is 10.0. The van der Waals surface area contributed by atoms with Gasteiger partial charge in [-0.05, 0) is 70.7 Å². The summed E-state index contributed by atoms with van der Waals surface area (Å²) >= 11 is 0. The summed E-state index contributed by atoms with van der Waals surface area (Å²) in [6.45, 7) is 19.4. The molecule has 1 amide bonds. The van der Waals surface area contributed by atoms with Crippen LogP contribution in [0.2, 0.25) is 18.1 Å². The molecule has 0 spiro atoms. The number of rotatable bonds is 20. The van der Waals surface area contributed by atoms with Gasteiger partial charge in [-0.25, -0.2) is 4.79 Å². The number of carbonyl (C=O) groups is 2. The number of alkyl carbamates (subject to hydrolysis) is 1. The van der Waals surface area contributed by atoms with Crippen LogP contribution in [0.4, 0.5) is 4.79 Å². The Bertz CT molecular complexity index is 647. The van der Waals surface area contributed by atoms with Crippen molar-refractivity contribution < 1.29 is 18.8 Å². The number of ketones is 1. The van der Waals surface area contributed by atoms with Crippen LogP contribution in [0.5, 0.6) is 0 Å². The number of ether oxygens (including phenoxy) is 1. The van der Waals surface area contributed by atoms with E-state index in [1.807, 2.05) is 26.8 Å². The Hall–Kier alpha value is -1.14. The van der Waals surface area contributed by atoms with Gasteiger partial charge in [0.15, 0.2) is 14.1 Å². The fourth-order valence-electron chi connectivity index (χ4n) is 3.81. The molecule has 0 heterocycles. The highest BCUT2D eigenvalue weighted by atomic mass is 28.4. The van der Waals surface area contributed by atoms with Gasteiger partial charge in [0, 0.05) is 6.61 Å². The van der Waals surface area contributed by atoms with Crippen molar-refractivity contribution in [3.63, 3.8) is 0 Å². The van der Waals surface area contributed by atoms with Crippen LogP contribution in [0, 0.1) is 0 Å². The third-order valence-corrected chi connectivity index (χ3v) is 11.7. The van der Waals surface area contributed by atoms with Gasteiger partial charge >= 0.3 is 6.09 Å². The first-order chi connectivity index (χ1) is 17.2. The van der Waals surface area contributed by atoms with Crippen LogP contribution in [0.15, 0.2) is 12.2 Å². The third kappa shape index (κ3) is 19.6. The highest BCUT2D eigenvalue weighted by molar-refractivity contribution is 6.74. The van der Waals surface area contributed by atoms with Crippen LogP contribution >= 0.6 is 0 Å². The van der Waals surface area contributed by atoms with E-state index >= 15 is 0 Å². The zero-order valence-corrected chi connectivity index (χ0v) is 27.0. The Kier molecular flexibility index (Phi) is 18.4. The number of hydrogen-bond donors (Lipinski definition) is 1. The predicted molar refractivity (Wildman–Crippen MR) is 161 cm³/mol. The van der Waals surface area contributed by atoms with Crippen LogP contribution in [-0.2, 0) is 14.0 Å². The fourth-order valence-corrected chi connectivity index (χ4v) is 4.90. The summed E-state index contributed by atoms with van der Waals surface area (Å²) in [5.41, 5.74) is -0.603. The van der Waals surface area contributed by atoms with E-state index in [9.17, 15) is 9.59 Å². The first-order valence-electron chi connectivity index (χ1n) is 15.0. The third-order valence-electron chi connectivity index (χ3n) is 7.20. The highest BCUT2D eigenvalue weighted by Crippen LogP contribution is 2.36. The molecule has 0 bridgehead atoms. The van der Waals surface area contributed by atoms with Crippen molar-refractivity contribution in [2.24, 2.45) is 0 Å². The Morgan fingerprint density at radius 3 is 1.81 bits per heavy atom. The minimum Gasteiger partial charge on any atom is -0.444 e. The average Bonchev–Trinajstić information content (AvgIpc) is 2.76. The number of nitrogens with one attached hydrogen (secondary N) is 1. The molecule has 0 aliphatic heterocycles. The van der Waals surface area contributed by atoms with Crippen molar-refractivity contribution in [2.45, 2.75) is 168 Å². The van der Waals surface area contributed by atoms with E-state index in [0.29, 0.717) is 19.4 Å². The molecule has 6 heteroatoms. The maximum atomic E-state index is 12.9. The summed E-state index contributed by atoms with van der Waals surface area (Å²) in [5.74, 6) is -0.0683. The number of amides is 1. The molecule has 5 nitrogen and oxygen atoms in total. The fraction of sp³-hybridized carbons (Fsp3) is 0.871. The van der Waals surface area contributed by atoms with Crippen molar-refractivity contribution in [1.82, 2.24) is 5.32 Å². The number of carbonyl (C=O) groups excluding carboxylic acids is 2. The highest BCUT2D eigenvalue weighted by Gasteiger charge is 2.37. The molecule has 0 aliphatic carbocycles. The van der Waals surface area contributed by atoms with Crippen LogP contribution in [0.1, 0.15) is 138 Å². The second kappa shape index (κ2) is 19.0. The average molecular weight is 540 g/mol. The maximum absolute atomic E-state index is 12.9. The summed E-state index contributed by atoms with van der Waals surface area (Å²) in [6, 6.07) is -0.591. The lowest BCUT2D eigenvalue weighted by Gasteiger charge is -2.36. The van der Waals surface area contributed by atoms with Gasteiger partial charge in [-0.3, -0.25) is 4.79 Å². The van der Waals surface area contributed by atoms with E-state index in [4.69, 9.17) is 9.16 Å². The molecule has 1 N–H and O–H groups in total. The van der Waals surface area contributed by atoms with Gasteiger partial charge in [0.1, 0.15) is 5.60 Å². The summed E-state index contributed by atoms with van der Waals surface area (Å²) in [4.78, 5) is 25.3. The Labute approximate surface area is 231 Å².